The van der Waals surface area contributed by atoms with Crippen molar-refractivity contribution in [1.82, 2.24) is 0 Å². The van der Waals surface area contributed by atoms with Gasteiger partial charge in [0.25, 0.3) is 0 Å². The third-order valence-electron chi connectivity index (χ3n) is 11.0. The van der Waals surface area contributed by atoms with E-state index in [1.54, 1.807) is 0 Å². The third-order valence-corrected chi connectivity index (χ3v) is 11.9. The number of allylic oxidation sites excluding steroid dienone is 16. The summed E-state index contributed by atoms with van der Waals surface area (Å²) >= 11 is 0. The molecule has 1 saturated carbocycles. The first-order valence-electron chi connectivity index (χ1n) is 25.1. The van der Waals surface area contributed by atoms with Crippen LogP contribution in [0.1, 0.15) is 168 Å². The maximum atomic E-state index is 12.8. The molecule has 0 radical (unpaired) electrons. The van der Waals surface area contributed by atoms with Gasteiger partial charge in [0, 0.05) is 13.0 Å². The summed E-state index contributed by atoms with van der Waals surface area (Å²) < 4.78 is 34.2. The average molecular weight is 949 g/mol. The normalized spacial score (nSPS) is 22.2. The Morgan fingerprint density at radius 2 is 0.848 bits per heavy atom. The molecule has 0 heterocycles. The van der Waals surface area contributed by atoms with Crippen molar-refractivity contribution in [3.63, 3.8) is 0 Å². The number of esters is 1. The minimum Gasteiger partial charge on any atom is -0.457 e. The van der Waals surface area contributed by atoms with Crippen LogP contribution in [0.25, 0.3) is 0 Å². The first-order chi connectivity index (χ1) is 32.0. The zero-order chi connectivity index (χ0) is 48.4. The zero-order valence-electron chi connectivity index (χ0n) is 40.5. The number of aliphatic hydroxyl groups excluding tert-OH is 5. The van der Waals surface area contributed by atoms with Crippen molar-refractivity contribution >= 4 is 13.8 Å². The third kappa shape index (κ3) is 33.7. The van der Waals surface area contributed by atoms with Gasteiger partial charge in [0.15, 0.2) is 0 Å². The molecule has 0 aromatic carbocycles. The Bertz CT molecular complexity index is 1450. The van der Waals surface area contributed by atoms with Crippen LogP contribution in [-0.4, -0.2) is 98.9 Å². The van der Waals surface area contributed by atoms with Crippen LogP contribution in [0.3, 0.4) is 0 Å². The fourth-order valence-electron chi connectivity index (χ4n) is 7.04. The highest BCUT2D eigenvalue weighted by Gasteiger charge is 2.51. The predicted molar refractivity (Wildman–Crippen MR) is 267 cm³/mol. The monoisotopic (exact) mass is 949 g/mol. The number of carbonyl (C=O) groups excluding carboxylic acids is 1. The van der Waals surface area contributed by atoms with Crippen molar-refractivity contribution in [1.29, 1.82) is 0 Å². The predicted octanol–water partition coefficient (Wildman–Crippen LogP) is 11.1. The van der Waals surface area contributed by atoms with Gasteiger partial charge in [-0.2, -0.15) is 0 Å². The molecule has 0 amide bonds. The van der Waals surface area contributed by atoms with Crippen LogP contribution in [0.4, 0.5) is 0 Å². The van der Waals surface area contributed by atoms with E-state index in [9.17, 15) is 39.8 Å². The van der Waals surface area contributed by atoms with E-state index in [1.807, 2.05) is 0 Å². The number of hydrogen-bond donors (Lipinski definition) is 6. The van der Waals surface area contributed by atoms with Gasteiger partial charge in [-0.1, -0.05) is 169 Å². The minimum atomic E-state index is -5.04. The van der Waals surface area contributed by atoms with Crippen LogP contribution in [0.5, 0.6) is 0 Å². The second-order valence-corrected chi connectivity index (χ2v) is 18.3. The lowest BCUT2D eigenvalue weighted by Gasteiger charge is -2.41. The summed E-state index contributed by atoms with van der Waals surface area (Å²) in [5.41, 5.74) is 0. The van der Waals surface area contributed by atoms with Gasteiger partial charge >= 0.3 is 13.8 Å². The summed E-state index contributed by atoms with van der Waals surface area (Å²) in [6.45, 7) is 3.97. The van der Waals surface area contributed by atoms with Gasteiger partial charge in [-0.25, -0.2) is 4.57 Å². The van der Waals surface area contributed by atoms with Gasteiger partial charge in [0.05, 0.1) is 13.2 Å². The first kappa shape index (κ1) is 61.3. The summed E-state index contributed by atoms with van der Waals surface area (Å²) in [6.07, 6.45) is 46.2. The zero-order valence-corrected chi connectivity index (χ0v) is 41.3. The molecule has 0 spiro atoms. The molecule has 0 bridgehead atoms. The second kappa shape index (κ2) is 42.4. The Hall–Kier alpha value is -2.74. The van der Waals surface area contributed by atoms with Gasteiger partial charge in [-0.3, -0.25) is 13.8 Å². The summed E-state index contributed by atoms with van der Waals surface area (Å²) in [5, 5.41) is 50.3. The Balaban J connectivity index is 2.35. The Morgan fingerprint density at radius 1 is 0.485 bits per heavy atom. The largest absolute Gasteiger partial charge is 0.472 e. The number of ether oxygens (including phenoxy) is 2. The van der Waals surface area contributed by atoms with Crippen molar-refractivity contribution in [2.45, 2.75) is 211 Å². The fourth-order valence-corrected chi connectivity index (χ4v) is 8.02. The molecule has 378 valence electrons. The Morgan fingerprint density at radius 3 is 1.29 bits per heavy atom. The van der Waals surface area contributed by atoms with Crippen molar-refractivity contribution in [3.05, 3.63) is 97.2 Å². The molecule has 0 aliphatic heterocycles. The van der Waals surface area contributed by atoms with E-state index in [2.05, 4.69) is 111 Å². The highest BCUT2D eigenvalue weighted by Crippen LogP contribution is 2.47. The van der Waals surface area contributed by atoms with Crippen molar-refractivity contribution < 1.29 is 58.3 Å². The Labute approximate surface area is 398 Å². The molecule has 6 unspecified atom stereocenters. The van der Waals surface area contributed by atoms with Gasteiger partial charge in [0.1, 0.15) is 42.7 Å². The Kier molecular flexibility index (Phi) is 39.3. The van der Waals surface area contributed by atoms with E-state index < -0.39 is 63.1 Å². The van der Waals surface area contributed by atoms with Gasteiger partial charge < -0.3 is 39.9 Å². The molecule has 6 atom stereocenters. The maximum absolute atomic E-state index is 12.8. The van der Waals surface area contributed by atoms with E-state index in [4.69, 9.17) is 18.5 Å². The van der Waals surface area contributed by atoms with Crippen molar-refractivity contribution in [2.75, 3.05) is 19.8 Å². The molecule has 0 aromatic heterocycles. The van der Waals surface area contributed by atoms with Gasteiger partial charge in [0.2, 0.25) is 0 Å². The quantitative estimate of drug-likeness (QED) is 0.0147. The minimum absolute atomic E-state index is 0.102. The highest BCUT2D eigenvalue weighted by molar-refractivity contribution is 7.47. The van der Waals surface area contributed by atoms with E-state index in [1.165, 1.54) is 44.9 Å². The van der Waals surface area contributed by atoms with Crippen LogP contribution in [-0.2, 0) is 27.9 Å². The highest BCUT2D eigenvalue weighted by atomic mass is 31.2. The molecule has 0 saturated heterocycles. The number of phosphoric ester groups is 1. The molecule has 6 N–H and O–H groups in total. The van der Waals surface area contributed by atoms with Gasteiger partial charge in [-0.05, 0) is 89.9 Å². The topological polar surface area (TPSA) is 192 Å². The molecular weight excluding hydrogens is 860 g/mol. The van der Waals surface area contributed by atoms with E-state index in [0.717, 1.165) is 96.3 Å². The molecule has 66 heavy (non-hydrogen) atoms. The van der Waals surface area contributed by atoms with E-state index >= 15 is 0 Å². The number of aliphatic hydroxyl groups is 5. The van der Waals surface area contributed by atoms with Gasteiger partial charge in [-0.15, -0.1) is 0 Å². The lowest BCUT2D eigenvalue weighted by molar-refractivity contribution is -0.220. The van der Waals surface area contributed by atoms with Crippen molar-refractivity contribution in [3.8, 4) is 0 Å². The first-order valence-corrected chi connectivity index (χ1v) is 26.6. The molecule has 1 aliphatic rings. The molecule has 1 fully saturated rings. The average Bonchev–Trinajstić information content (AvgIpc) is 3.30. The summed E-state index contributed by atoms with van der Waals surface area (Å²) in [4.78, 5) is 23.2. The number of carbonyl (C=O) groups is 1. The lowest BCUT2D eigenvalue weighted by atomic mass is 9.85. The number of hydrogen-bond acceptors (Lipinski definition) is 11. The molecule has 12 nitrogen and oxygen atoms in total. The maximum Gasteiger partial charge on any atom is 0.472 e. The molecular formula is C53H89O12P. The van der Waals surface area contributed by atoms with Crippen LogP contribution in [0.15, 0.2) is 97.2 Å². The lowest BCUT2D eigenvalue weighted by Crippen LogP contribution is -2.64. The van der Waals surface area contributed by atoms with E-state index in [0.29, 0.717) is 13.0 Å². The summed E-state index contributed by atoms with van der Waals surface area (Å²) in [6, 6.07) is 0. The molecule has 13 heteroatoms. The summed E-state index contributed by atoms with van der Waals surface area (Å²) in [7, 11) is -5.04. The second-order valence-electron chi connectivity index (χ2n) is 16.9. The van der Waals surface area contributed by atoms with Crippen molar-refractivity contribution in [2.24, 2.45) is 0 Å². The standard InChI is InChI=1S/C53H89O12P/c1-3-5-7-9-11-13-15-17-19-20-21-22-23-24-25-26-27-29-31-33-35-37-39-41-43-62-44-46(45-63-66(60,61)65-53-51(58)49(56)48(55)50(57)52(53)59)64-47(54)42-40-38-36-34-32-30-28-18-16-14-12-10-8-6-4-2/h5-8,11-14,17-19,21-22,28,32,34,46,48-53,55-59H,3-4,9-10,15-16,20,23-27,29-31,33,35-45H2,1-2H3,(H,60,61)/b7-5-,8-6-,13-11-,14-12-,19-17-,22-21-,28-18-,34-32-. The van der Waals surface area contributed by atoms with Crippen LogP contribution >= 0.6 is 7.82 Å². The molecule has 0 aromatic rings. The number of rotatable bonds is 41. The smallest absolute Gasteiger partial charge is 0.457 e. The van der Waals surface area contributed by atoms with Crippen LogP contribution in [0, 0.1) is 0 Å². The summed E-state index contributed by atoms with van der Waals surface area (Å²) in [5.74, 6) is -0.522. The SMILES string of the molecule is CC/C=C\C/C=C\C/C=C\C/C=C\CCCCCCCCCCCCCOCC(COP(=O)(O)OC1C(O)C(O)C(O)C(O)C1O)OC(=O)CCCC/C=C\C/C=C\C/C=C\C/C=C\CC. The van der Waals surface area contributed by atoms with Crippen LogP contribution in [0.2, 0.25) is 0 Å². The number of phosphoric acid groups is 1. The fraction of sp³-hybridized carbons (Fsp3) is 0.679. The number of unbranched alkanes of at least 4 members (excludes halogenated alkanes) is 13. The molecule has 1 aliphatic carbocycles. The van der Waals surface area contributed by atoms with Crippen LogP contribution < -0.4 is 0 Å². The van der Waals surface area contributed by atoms with E-state index in [-0.39, 0.29) is 13.0 Å². The molecule has 1 rings (SSSR count).